The number of carbonyl (C=O) groups is 2. The number of carboxylic acid groups (broad SMARTS) is 1. The number of urea groups is 1. The fourth-order valence-corrected chi connectivity index (χ4v) is 1.56. The van der Waals surface area contributed by atoms with Crippen LogP contribution in [0, 0.1) is 5.92 Å². The molecular weight excluding hydrogens is 246 g/mol. The third-order valence-electron chi connectivity index (χ3n) is 3.25. The summed E-state index contributed by atoms with van der Waals surface area (Å²) in [6.45, 7) is 7.98. The lowest BCUT2D eigenvalue weighted by atomic mass is 9.99. The van der Waals surface area contributed by atoms with E-state index in [2.05, 4.69) is 10.6 Å². The van der Waals surface area contributed by atoms with Crippen molar-refractivity contribution < 1.29 is 14.7 Å². The first-order valence-electron chi connectivity index (χ1n) is 6.59. The van der Waals surface area contributed by atoms with Crippen molar-refractivity contribution >= 4 is 12.0 Å². The minimum Gasteiger partial charge on any atom is -0.480 e. The number of carbonyl (C=O) groups excluding carboxylic acids is 1. The zero-order valence-electron chi connectivity index (χ0n) is 12.8. The number of hydrogen-bond donors (Lipinski definition) is 3. The van der Waals surface area contributed by atoms with Gasteiger partial charge in [0.25, 0.3) is 0 Å². The van der Waals surface area contributed by atoms with Gasteiger partial charge in [0.2, 0.25) is 0 Å². The first kappa shape index (κ1) is 17.7. The first-order chi connectivity index (χ1) is 8.62. The Kier molecular flexibility index (Phi) is 6.83. The lowest BCUT2D eigenvalue weighted by molar-refractivity contribution is -0.143. The zero-order valence-corrected chi connectivity index (χ0v) is 12.8. The van der Waals surface area contributed by atoms with Crippen LogP contribution < -0.4 is 10.6 Å². The molecule has 0 heterocycles. The van der Waals surface area contributed by atoms with Crippen LogP contribution in [0.5, 0.6) is 0 Å². The van der Waals surface area contributed by atoms with Gasteiger partial charge >= 0.3 is 12.0 Å². The molecule has 0 saturated carbocycles. The van der Waals surface area contributed by atoms with Crippen LogP contribution in [-0.4, -0.2) is 54.2 Å². The second kappa shape index (κ2) is 7.33. The summed E-state index contributed by atoms with van der Waals surface area (Å²) >= 11 is 0. The molecule has 0 fully saturated rings. The number of amides is 2. The van der Waals surface area contributed by atoms with E-state index in [1.807, 2.05) is 32.8 Å². The number of carboxylic acids is 1. The minimum atomic E-state index is -1.23. The van der Waals surface area contributed by atoms with Crippen LogP contribution >= 0.6 is 0 Å². The molecule has 0 aromatic carbocycles. The Morgan fingerprint density at radius 2 is 1.84 bits per heavy atom. The Morgan fingerprint density at radius 3 is 2.16 bits per heavy atom. The van der Waals surface area contributed by atoms with Crippen LogP contribution in [0.3, 0.4) is 0 Å². The number of nitrogens with zero attached hydrogens (tertiary/aromatic N) is 1. The summed E-state index contributed by atoms with van der Waals surface area (Å²) in [5.41, 5.74) is -1.23. The minimum absolute atomic E-state index is 0.0232. The van der Waals surface area contributed by atoms with Crippen molar-refractivity contribution in [1.29, 1.82) is 0 Å². The third kappa shape index (κ3) is 5.92. The quantitative estimate of drug-likeness (QED) is 0.649. The molecule has 0 aromatic rings. The Balaban J connectivity index is 4.61. The highest BCUT2D eigenvalue weighted by atomic mass is 16.4. The number of nitrogens with one attached hydrogen (secondary N) is 2. The summed E-state index contributed by atoms with van der Waals surface area (Å²) in [7, 11) is 3.87. The Morgan fingerprint density at radius 1 is 1.32 bits per heavy atom. The van der Waals surface area contributed by atoms with Gasteiger partial charge in [-0.2, -0.15) is 0 Å². The van der Waals surface area contributed by atoms with E-state index >= 15 is 0 Å². The maximum Gasteiger partial charge on any atom is 0.329 e. The lowest BCUT2D eigenvalue weighted by Gasteiger charge is -2.29. The monoisotopic (exact) mass is 273 g/mol. The SMILES string of the molecule is CCC(C)(NC(=O)NC(CN(C)C)C(C)C)C(=O)O. The van der Waals surface area contributed by atoms with E-state index in [1.54, 1.807) is 6.92 Å². The number of rotatable bonds is 7. The number of aliphatic carboxylic acids is 1. The van der Waals surface area contributed by atoms with Gasteiger partial charge in [0, 0.05) is 12.6 Å². The maximum absolute atomic E-state index is 11.9. The molecule has 2 amide bonds. The molecule has 0 radical (unpaired) electrons. The smallest absolute Gasteiger partial charge is 0.329 e. The highest BCUT2D eigenvalue weighted by Crippen LogP contribution is 2.09. The summed E-state index contributed by atoms with van der Waals surface area (Å²) in [6.07, 6.45) is 0.329. The molecular formula is C13H27N3O3. The van der Waals surface area contributed by atoms with Gasteiger partial charge in [-0.05, 0) is 33.4 Å². The fourth-order valence-electron chi connectivity index (χ4n) is 1.56. The average molecular weight is 273 g/mol. The lowest BCUT2D eigenvalue weighted by Crippen LogP contribution is -2.58. The number of likely N-dealkylation sites (N-methyl/N-ethyl adjacent to an activating group) is 1. The van der Waals surface area contributed by atoms with Gasteiger partial charge in [0.05, 0.1) is 0 Å². The molecule has 0 spiro atoms. The molecule has 2 atom stereocenters. The molecule has 6 heteroatoms. The Labute approximate surface area is 115 Å². The van der Waals surface area contributed by atoms with E-state index in [9.17, 15) is 9.59 Å². The summed E-state index contributed by atoms with van der Waals surface area (Å²) in [5.74, 6) is -0.760. The van der Waals surface area contributed by atoms with Crippen molar-refractivity contribution in [3.63, 3.8) is 0 Å². The van der Waals surface area contributed by atoms with E-state index in [-0.39, 0.29) is 12.0 Å². The molecule has 0 saturated heterocycles. The second-order valence-corrected chi connectivity index (χ2v) is 5.70. The van der Waals surface area contributed by atoms with Crippen molar-refractivity contribution in [2.24, 2.45) is 5.92 Å². The predicted molar refractivity (Wildman–Crippen MR) is 75.2 cm³/mol. The van der Waals surface area contributed by atoms with Gasteiger partial charge in [-0.15, -0.1) is 0 Å². The largest absolute Gasteiger partial charge is 0.480 e. The average Bonchev–Trinajstić information content (AvgIpc) is 2.26. The molecule has 19 heavy (non-hydrogen) atoms. The maximum atomic E-state index is 11.9. The molecule has 3 N–H and O–H groups in total. The van der Waals surface area contributed by atoms with E-state index in [4.69, 9.17) is 5.11 Å². The second-order valence-electron chi connectivity index (χ2n) is 5.70. The highest BCUT2D eigenvalue weighted by Gasteiger charge is 2.33. The van der Waals surface area contributed by atoms with Crippen LogP contribution in [0.4, 0.5) is 4.79 Å². The molecule has 112 valence electrons. The van der Waals surface area contributed by atoms with Crippen LogP contribution in [0.1, 0.15) is 34.1 Å². The zero-order chi connectivity index (χ0) is 15.2. The van der Waals surface area contributed by atoms with Gasteiger partial charge in [0.15, 0.2) is 0 Å². The van der Waals surface area contributed by atoms with Gasteiger partial charge in [0.1, 0.15) is 5.54 Å². The molecule has 6 nitrogen and oxygen atoms in total. The molecule has 0 rings (SSSR count). The van der Waals surface area contributed by atoms with Gasteiger partial charge in [-0.3, -0.25) is 0 Å². The van der Waals surface area contributed by atoms with Crippen LogP contribution in [0.15, 0.2) is 0 Å². The molecule has 2 unspecified atom stereocenters. The number of hydrogen-bond acceptors (Lipinski definition) is 3. The van der Waals surface area contributed by atoms with E-state index in [1.165, 1.54) is 6.92 Å². The summed E-state index contributed by atoms with van der Waals surface area (Å²) in [4.78, 5) is 25.0. The molecule has 0 bridgehead atoms. The van der Waals surface area contributed by atoms with Crippen LogP contribution in [0.25, 0.3) is 0 Å². The van der Waals surface area contributed by atoms with Crippen LogP contribution in [-0.2, 0) is 4.79 Å². The summed E-state index contributed by atoms with van der Waals surface area (Å²) in [5, 5.41) is 14.5. The van der Waals surface area contributed by atoms with E-state index < -0.39 is 17.5 Å². The third-order valence-corrected chi connectivity index (χ3v) is 3.25. The predicted octanol–water partition coefficient (Wildman–Crippen LogP) is 1.13. The van der Waals surface area contributed by atoms with Gasteiger partial charge < -0.3 is 20.6 Å². The summed E-state index contributed by atoms with van der Waals surface area (Å²) < 4.78 is 0. The summed E-state index contributed by atoms with van der Waals surface area (Å²) in [6, 6.07) is -0.461. The molecule has 0 aromatic heterocycles. The van der Waals surface area contributed by atoms with Crippen molar-refractivity contribution in [2.75, 3.05) is 20.6 Å². The highest BCUT2D eigenvalue weighted by molar-refractivity contribution is 5.85. The van der Waals surface area contributed by atoms with Crippen LogP contribution in [0.2, 0.25) is 0 Å². The first-order valence-corrected chi connectivity index (χ1v) is 6.59. The van der Waals surface area contributed by atoms with Crippen molar-refractivity contribution in [3.05, 3.63) is 0 Å². The normalized spacial score (nSPS) is 16.0. The Hall–Kier alpha value is -1.30. The standard InChI is InChI=1S/C13H27N3O3/c1-7-13(4,11(17)18)15-12(19)14-10(9(2)3)8-16(5)6/h9-10H,7-8H2,1-6H3,(H,17,18)(H2,14,15,19). The molecule has 0 aliphatic heterocycles. The molecule has 0 aliphatic carbocycles. The van der Waals surface area contributed by atoms with Gasteiger partial charge in [-0.25, -0.2) is 9.59 Å². The van der Waals surface area contributed by atoms with Gasteiger partial charge in [-0.1, -0.05) is 20.8 Å². The Bertz CT molecular complexity index is 318. The van der Waals surface area contributed by atoms with Crippen molar-refractivity contribution in [2.45, 2.75) is 45.7 Å². The van der Waals surface area contributed by atoms with Crippen molar-refractivity contribution in [3.8, 4) is 0 Å². The van der Waals surface area contributed by atoms with E-state index in [0.29, 0.717) is 13.0 Å². The molecule has 0 aliphatic rings. The van der Waals surface area contributed by atoms with Crippen molar-refractivity contribution in [1.82, 2.24) is 15.5 Å². The van der Waals surface area contributed by atoms with E-state index in [0.717, 1.165) is 0 Å². The topological polar surface area (TPSA) is 81.7 Å². The fraction of sp³-hybridized carbons (Fsp3) is 0.846.